The summed E-state index contributed by atoms with van der Waals surface area (Å²) in [6, 6.07) is 16.1. The van der Waals surface area contributed by atoms with Gasteiger partial charge in [0.25, 0.3) is 0 Å². The van der Waals surface area contributed by atoms with E-state index in [0.717, 1.165) is 6.42 Å². The maximum absolute atomic E-state index is 4.04. The van der Waals surface area contributed by atoms with Gasteiger partial charge in [0.2, 0.25) is 0 Å². The van der Waals surface area contributed by atoms with Crippen molar-refractivity contribution < 1.29 is 45.1 Å². The molecule has 2 atom stereocenters. The van der Waals surface area contributed by atoms with Crippen LogP contribution in [0.3, 0.4) is 0 Å². The van der Waals surface area contributed by atoms with Crippen molar-refractivity contribution in [2.45, 2.75) is 46.5 Å². The Hall–Kier alpha value is -0.877. The van der Waals surface area contributed by atoms with E-state index in [2.05, 4.69) is 85.8 Å². The molecule has 0 N–H and O–H groups in total. The predicted molar refractivity (Wildman–Crippen MR) is 117 cm³/mol. The molecule has 2 unspecified atom stereocenters. The first-order valence-corrected chi connectivity index (χ1v) is 16.6. The SMILES string of the molecule is C.C=CC[CH2][Zr+2]([CH3])([C]1=CC(C)=CC1)[CH]1c2ccccc2-c2c(C)cccc21.[Cl-].[Cl-]. The van der Waals surface area contributed by atoms with Crippen LogP contribution in [0.1, 0.15) is 47.5 Å². The molecule has 0 aliphatic heterocycles. The molecule has 2 aliphatic carbocycles. The van der Waals surface area contributed by atoms with Gasteiger partial charge in [0.15, 0.2) is 0 Å². The summed E-state index contributed by atoms with van der Waals surface area (Å²) < 4.78 is 6.45. The summed E-state index contributed by atoms with van der Waals surface area (Å²) in [4.78, 5) is 0. The van der Waals surface area contributed by atoms with Crippen molar-refractivity contribution in [2.24, 2.45) is 0 Å². The van der Waals surface area contributed by atoms with Crippen LogP contribution < -0.4 is 24.8 Å². The van der Waals surface area contributed by atoms with Crippen LogP contribution in [0.5, 0.6) is 0 Å². The molecular weight excluding hydrogens is 474 g/mol. The zero-order chi connectivity index (χ0) is 18.3. The van der Waals surface area contributed by atoms with Crippen LogP contribution in [-0.2, 0) is 20.3 Å². The molecule has 0 radical (unpaired) electrons. The third kappa shape index (κ3) is 4.44. The molecule has 29 heavy (non-hydrogen) atoms. The van der Waals surface area contributed by atoms with Crippen LogP contribution in [0.4, 0.5) is 0 Å². The third-order valence-electron chi connectivity index (χ3n) is 6.44. The fourth-order valence-electron chi connectivity index (χ4n) is 5.08. The molecule has 0 nitrogen and oxygen atoms in total. The summed E-state index contributed by atoms with van der Waals surface area (Å²) in [5, 5.41) is 0. The number of fused-ring (bicyclic) bond motifs is 3. The first kappa shape index (κ1) is 26.2. The van der Waals surface area contributed by atoms with Crippen molar-refractivity contribution in [1.29, 1.82) is 0 Å². The minimum Gasteiger partial charge on any atom is -1.00 e. The molecular formula is C26H32Cl2Zr. The van der Waals surface area contributed by atoms with Crippen LogP contribution in [-0.4, -0.2) is 0 Å². The normalized spacial score (nSPS) is 16.9. The molecule has 0 saturated heterocycles. The van der Waals surface area contributed by atoms with Crippen LogP contribution in [0.25, 0.3) is 11.1 Å². The molecule has 0 fully saturated rings. The van der Waals surface area contributed by atoms with Crippen LogP contribution in [0.2, 0.25) is 8.76 Å². The Morgan fingerprint density at radius 3 is 2.38 bits per heavy atom. The maximum atomic E-state index is 4.04. The van der Waals surface area contributed by atoms with Crippen molar-refractivity contribution in [3.63, 3.8) is 0 Å². The van der Waals surface area contributed by atoms with Gasteiger partial charge >= 0.3 is 163 Å². The van der Waals surface area contributed by atoms with Gasteiger partial charge in [-0.25, -0.2) is 0 Å². The largest absolute Gasteiger partial charge is 1.00 e. The Morgan fingerprint density at radius 2 is 1.72 bits per heavy atom. The molecule has 2 aliphatic rings. The minimum atomic E-state index is -2.68. The summed E-state index contributed by atoms with van der Waals surface area (Å²) in [7, 11) is 0. The fourth-order valence-corrected chi connectivity index (χ4v) is 16.8. The van der Waals surface area contributed by atoms with E-state index in [1.54, 1.807) is 14.4 Å². The molecule has 0 saturated carbocycles. The molecule has 4 rings (SSSR count). The molecule has 2 aromatic carbocycles. The van der Waals surface area contributed by atoms with E-state index in [0.29, 0.717) is 3.63 Å². The maximum Gasteiger partial charge on any atom is -1.00 e. The molecule has 2 aromatic rings. The Kier molecular flexibility index (Phi) is 9.41. The quantitative estimate of drug-likeness (QED) is 0.546. The zero-order valence-corrected chi connectivity index (χ0v) is 20.9. The monoisotopic (exact) mass is 504 g/mol. The minimum absolute atomic E-state index is 0. The van der Waals surface area contributed by atoms with Gasteiger partial charge in [0.05, 0.1) is 0 Å². The Morgan fingerprint density at radius 1 is 1.03 bits per heavy atom. The van der Waals surface area contributed by atoms with E-state index >= 15 is 0 Å². The van der Waals surface area contributed by atoms with E-state index in [9.17, 15) is 0 Å². The van der Waals surface area contributed by atoms with E-state index in [-0.39, 0.29) is 32.2 Å². The van der Waals surface area contributed by atoms with Gasteiger partial charge in [-0.1, -0.05) is 7.43 Å². The van der Waals surface area contributed by atoms with Gasteiger partial charge in [-0.3, -0.25) is 0 Å². The van der Waals surface area contributed by atoms with Crippen molar-refractivity contribution in [1.82, 2.24) is 0 Å². The molecule has 0 amide bonds. The Labute approximate surface area is 194 Å². The third-order valence-corrected chi connectivity index (χ3v) is 18.8. The van der Waals surface area contributed by atoms with Gasteiger partial charge in [0, 0.05) is 0 Å². The summed E-state index contributed by atoms with van der Waals surface area (Å²) in [6.07, 6.45) is 9.40. The second-order valence-corrected chi connectivity index (χ2v) is 19.3. The smallest absolute Gasteiger partial charge is 1.00 e. The number of halogens is 2. The summed E-state index contributed by atoms with van der Waals surface area (Å²) >= 11 is -2.68. The topological polar surface area (TPSA) is 0 Å². The number of rotatable bonds is 5. The zero-order valence-electron chi connectivity index (χ0n) is 16.9. The molecule has 0 bridgehead atoms. The van der Waals surface area contributed by atoms with E-state index in [4.69, 9.17) is 0 Å². The van der Waals surface area contributed by atoms with Crippen molar-refractivity contribution >= 4 is 0 Å². The van der Waals surface area contributed by atoms with Crippen LogP contribution >= 0.6 is 0 Å². The van der Waals surface area contributed by atoms with E-state index < -0.39 is 20.3 Å². The standard InChI is InChI=1S/C14H11.C6H7.C4H7.CH4.CH3.2ClH.Zr/c1-10-5-4-7-12-9-11-6-2-3-8-13(11)14(10)12;1-6-4-2-3-5-6;1-3-4-2;;;;;/h2-9H,1H3;4-5H,2H2,1H3;3H,1-2,4H2;1H4;1H3;2*1H;/q;;;;;;;+2/p-2. The number of allylic oxidation sites excluding steroid dienone is 5. The number of hydrogen-bond donors (Lipinski definition) is 0. The van der Waals surface area contributed by atoms with Gasteiger partial charge in [-0.15, -0.1) is 0 Å². The predicted octanol–water partition coefficient (Wildman–Crippen LogP) is 2.14. The molecule has 154 valence electrons. The van der Waals surface area contributed by atoms with Gasteiger partial charge in [-0.05, 0) is 0 Å². The van der Waals surface area contributed by atoms with Crippen molar-refractivity contribution in [2.75, 3.05) is 0 Å². The summed E-state index contributed by atoms with van der Waals surface area (Å²) in [5.74, 6) is 0. The molecule has 0 heterocycles. The summed E-state index contributed by atoms with van der Waals surface area (Å²) in [6.45, 7) is 8.57. The number of hydrogen-bond acceptors (Lipinski definition) is 0. The van der Waals surface area contributed by atoms with Crippen LogP contribution in [0.15, 0.2) is 76.1 Å². The van der Waals surface area contributed by atoms with Crippen molar-refractivity contribution in [3.05, 3.63) is 92.8 Å². The van der Waals surface area contributed by atoms with Gasteiger partial charge in [0.1, 0.15) is 0 Å². The summed E-state index contributed by atoms with van der Waals surface area (Å²) in [5.41, 5.74) is 9.05. The molecule has 0 aromatic heterocycles. The fraction of sp³-hybridized carbons (Fsp3) is 0.308. The van der Waals surface area contributed by atoms with Gasteiger partial charge < -0.3 is 24.8 Å². The Balaban J connectivity index is 0.00000140. The second-order valence-electron chi connectivity index (χ2n) is 8.13. The van der Waals surface area contributed by atoms with E-state index in [1.165, 1.54) is 32.8 Å². The molecule has 0 spiro atoms. The first-order chi connectivity index (χ1) is 12.6. The van der Waals surface area contributed by atoms with E-state index in [1.807, 2.05) is 0 Å². The Bertz CT molecular complexity index is 941. The molecule has 3 heteroatoms. The number of aryl methyl sites for hydroxylation is 1. The van der Waals surface area contributed by atoms with Crippen molar-refractivity contribution in [3.8, 4) is 11.1 Å². The van der Waals surface area contributed by atoms with Gasteiger partial charge in [-0.2, -0.15) is 0 Å². The first-order valence-electron chi connectivity index (χ1n) is 9.74. The average molecular weight is 507 g/mol. The van der Waals surface area contributed by atoms with Crippen LogP contribution in [0, 0.1) is 6.92 Å². The second kappa shape index (κ2) is 10.4. The average Bonchev–Trinajstić information content (AvgIpc) is 3.22. The number of benzene rings is 2.